The standard InChI is InChI=1S/C9H18INO3/c1-2-3-5-13-7-8-14-6-4-11-9(10)12/h2-8H2,1H3,(H,11,12). The summed E-state index contributed by atoms with van der Waals surface area (Å²) in [5.41, 5.74) is 0. The first-order chi connectivity index (χ1) is 6.77. The van der Waals surface area contributed by atoms with Gasteiger partial charge in [0.25, 0.3) is 3.91 Å². The van der Waals surface area contributed by atoms with Gasteiger partial charge in [0.1, 0.15) is 0 Å². The van der Waals surface area contributed by atoms with Gasteiger partial charge in [-0.15, -0.1) is 0 Å². The molecule has 14 heavy (non-hydrogen) atoms. The number of carbonyl (C=O) groups excluding carboxylic acids is 1. The number of hydrogen-bond acceptors (Lipinski definition) is 3. The van der Waals surface area contributed by atoms with Crippen LogP contribution in [0.25, 0.3) is 0 Å². The van der Waals surface area contributed by atoms with E-state index in [4.69, 9.17) is 9.47 Å². The van der Waals surface area contributed by atoms with Gasteiger partial charge in [0.15, 0.2) is 0 Å². The molecule has 0 saturated heterocycles. The zero-order valence-electron chi connectivity index (χ0n) is 8.55. The number of ether oxygens (including phenoxy) is 2. The van der Waals surface area contributed by atoms with Crippen molar-refractivity contribution in [2.45, 2.75) is 19.8 Å². The average Bonchev–Trinajstić information content (AvgIpc) is 2.15. The molecule has 0 spiro atoms. The molecule has 0 aromatic heterocycles. The van der Waals surface area contributed by atoms with Crippen LogP contribution >= 0.6 is 22.6 Å². The van der Waals surface area contributed by atoms with Crippen LogP contribution in [0.2, 0.25) is 0 Å². The highest BCUT2D eigenvalue weighted by molar-refractivity contribution is 14.1. The van der Waals surface area contributed by atoms with Gasteiger partial charge in [-0.05, 0) is 6.42 Å². The number of carbonyl (C=O) groups is 1. The summed E-state index contributed by atoms with van der Waals surface area (Å²) in [6.45, 7) is 5.29. The summed E-state index contributed by atoms with van der Waals surface area (Å²) in [6, 6.07) is 0. The second kappa shape index (κ2) is 11.2. The third-order valence-electron chi connectivity index (χ3n) is 1.52. The van der Waals surface area contributed by atoms with E-state index in [0.717, 1.165) is 19.4 Å². The van der Waals surface area contributed by atoms with Crippen molar-refractivity contribution in [3.8, 4) is 0 Å². The van der Waals surface area contributed by atoms with E-state index in [9.17, 15) is 4.79 Å². The second-order valence-electron chi connectivity index (χ2n) is 2.78. The number of hydrogen-bond donors (Lipinski definition) is 1. The minimum Gasteiger partial charge on any atom is -0.379 e. The van der Waals surface area contributed by atoms with Gasteiger partial charge in [0, 0.05) is 35.7 Å². The highest BCUT2D eigenvalue weighted by atomic mass is 127. The molecule has 0 aromatic carbocycles. The normalized spacial score (nSPS) is 10.1. The van der Waals surface area contributed by atoms with E-state index in [-0.39, 0.29) is 3.91 Å². The average molecular weight is 315 g/mol. The predicted octanol–water partition coefficient (Wildman–Crippen LogP) is 1.96. The van der Waals surface area contributed by atoms with Gasteiger partial charge in [0.2, 0.25) is 0 Å². The minimum atomic E-state index is -0.0506. The van der Waals surface area contributed by atoms with Crippen molar-refractivity contribution in [3.05, 3.63) is 0 Å². The molecule has 0 aromatic rings. The maximum Gasteiger partial charge on any atom is 0.280 e. The summed E-state index contributed by atoms with van der Waals surface area (Å²) in [4.78, 5) is 10.4. The van der Waals surface area contributed by atoms with Crippen LogP contribution in [0.5, 0.6) is 0 Å². The monoisotopic (exact) mass is 315 g/mol. The maximum atomic E-state index is 10.4. The molecule has 0 fully saturated rings. The van der Waals surface area contributed by atoms with Crippen LogP contribution in [0.1, 0.15) is 19.8 Å². The number of nitrogens with one attached hydrogen (secondary N) is 1. The van der Waals surface area contributed by atoms with Crippen LogP contribution in [0.15, 0.2) is 0 Å². The summed E-state index contributed by atoms with van der Waals surface area (Å²) in [6.07, 6.45) is 2.26. The molecule has 0 bridgehead atoms. The van der Waals surface area contributed by atoms with E-state index in [1.165, 1.54) is 0 Å². The molecule has 0 unspecified atom stereocenters. The lowest BCUT2D eigenvalue weighted by molar-refractivity contribution is 0.0485. The van der Waals surface area contributed by atoms with Gasteiger partial charge < -0.3 is 14.8 Å². The van der Waals surface area contributed by atoms with Crippen molar-refractivity contribution in [2.75, 3.05) is 33.0 Å². The number of halogens is 1. The number of unbranched alkanes of at least 4 members (excludes halogenated alkanes) is 1. The maximum absolute atomic E-state index is 10.4. The third-order valence-corrected chi connectivity index (χ3v) is 1.91. The van der Waals surface area contributed by atoms with E-state index >= 15 is 0 Å². The first-order valence-corrected chi connectivity index (χ1v) is 5.94. The molecule has 1 N–H and O–H groups in total. The Labute approximate surface area is 98.9 Å². The van der Waals surface area contributed by atoms with Crippen molar-refractivity contribution in [1.82, 2.24) is 5.32 Å². The number of rotatable bonds is 9. The highest BCUT2D eigenvalue weighted by Crippen LogP contribution is 1.87. The molecule has 1 amide bonds. The molecule has 0 aliphatic heterocycles. The van der Waals surface area contributed by atoms with Crippen molar-refractivity contribution in [1.29, 1.82) is 0 Å². The van der Waals surface area contributed by atoms with E-state index in [2.05, 4.69) is 12.2 Å². The Morgan fingerprint density at radius 3 is 2.43 bits per heavy atom. The van der Waals surface area contributed by atoms with E-state index in [1.54, 1.807) is 22.6 Å². The van der Waals surface area contributed by atoms with Gasteiger partial charge in [0.05, 0.1) is 19.8 Å². The van der Waals surface area contributed by atoms with Gasteiger partial charge >= 0.3 is 0 Å². The molecule has 0 radical (unpaired) electrons. The van der Waals surface area contributed by atoms with Gasteiger partial charge in [-0.2, -0.15) is 0 Å². The topological polar surface area (TPSA) is 47.6 Å². The Balaban J connectivity index is 2.88. The van der Waals surface area contributed by atoms with Crippen LogP contribution in [-0.4, -0.2) is 36.9 Å². The lowest BCUT2D eigenvalue weighted by Crippen LogP contribution is -2.22. The van der Waals surface area contributed by atoms with Crippen molar-refractivity contribution in [2.24, 2.45) is 0 Å². The molecule has 0 saturated carbocycles. The Morgan fingerprint density at radius 1 is 1.21 bits per heavy atom. The summed E-state index contributed by atoms with van der Waals surface area (Å²) in [5, 5.41) is 2.64. The third kappa shape index (κ3) is 12.1. The lowest BCUT2D eigenvalue weighted by Gasteiger charge is -2.05. The largest absolute Gasteiger partial charge is 0.379 e. The van der Waals surface area contributed by atoms with Gasteiger partial charge in [-0.25, -0.2) is 0 Å². The predicted molar refractivity (Wildman–Crippen MR) is 64.0 cm³/mol. The van der Waals surface area contributed by atoms with Gasteiger partial charge in [-0.1, -0.05) is 13.3 Å². The molecular weight excluding hydrogens is 297 g/mol. The molecule has 0 aliphatic carbocycles. The van der Waals surface area contributed by atoms with Gasteiger partial charge in [-0.3, -0.25) is 4.79 Å². The van der Waals surface area contributed by atoms with Crippen LogP contribution in [0.4, 0.5) is 4.79 Å². The highest BCUT2D eigenvalue weighted by Gasteiger charge is 1.92. The van der Waals surface area contributed by atoms with Crippen LogP contribution < -0.4 is 5.32 Å². The smallest absolute Gasteiger partial charge is 0.280 e. The first-order valence-electron chi connectivity index (χ1n) is 4.86. The lowest BCUT2D eigenvalue weighted by atomic mass is 10.4. The van der Waals surface area contributed by atoms with Crippen LogP contribution in [0, 0.1) is 0 Å². The fourth-order valence-electron chi connectivity index (χ4n) is 0.790. The van der Waals surface area contributed by atoms with Crippen molar-refractivity contribution < 1.29 is 14.3 Å². The molecule has 0 rings (SSSR count). The molecule has 0 heterocycles. The zero-order valence-corrected chi connectivity index (χ0v) is 10.7. The molecular formula is C9H18INO3. The van der Waals surface area contributed by atoms with E-state index in [1.807, 2.05) is 0 Å². The summed E-state index contributed by atoms with van der Waals surface area (Å²) >= 11 is 1.70. The minimum absolute atomic E-state index is 0.0506. The second-order valence-corrected chi connectivity index (χ2v) is 3.76. The van der Waals surface area contributed by atoms with E-state index in [0.29, 0.717) is 26.4 Å². The SMILES string of the molecule is CCCCOCCOCCNC(=O)I. The Hall–Kier alpha value is 0.120. The van der Waals surface area contributed by atoms with Crippen molar-refractivity contribution >= 4 is 26.5 Å². The van der Waals surface area contributed by atoms with Crippen molar-refractivity contribution in [3.63, 3.8) is 0 Å². The molecule has 84 valence electrons. The summed E-state index contributed by atoms with van der Waals surface area (Å²) < 4.78 is 10.5. The molecule has 4 nitrogen and oxygen atoms in total. The Morgan fingerprint density at radius 2 is 1.86 bits per heavy atom. The summed E-state index contributed by atoms with van der Waals surface area (Å²) in [7, 11) is 0. The first kappa shape index (κ1) is 14.1. The fourth-order valence-corrected chi connectivity index (χ4v) is 1.06. The molecule has 0 atom stereocenters. The Kier molecular flexibility index (Phi) is 11.3. The van der Waals surface area contributed by atoms with Crippen LogP contribution in [-0.2, 0) is 9.47 Å². The zero-order chi connectivity index (χ0) is 10.6. The summed E-state index contributed by atoms with van der Waals surface area (Å²) in [5.74, 6) is 0. The van der Waals surface area contributed by atoms with E-state index < -0.39 is 0 Å². The molecule has 0 aliphatic rings. The number of amides is 1. The fraction of sp³-hybridized carbons (Fsp3) is 0.889. The quantitative estimate of drug-likeness (QED) is 0.306. The Bertz CT molecular complexity index is 144. The molecule has 5 heteroatoms. The van der Waals surface area contributed by atoms with Crippen LogP contribution in [0.3, 0.4) is 0 Å².